The lowest BCUT2D eigenvalue weighted by molar-refractivity contribution is 0.0944. The largest absolute Gasteiger partial charge is 0.347 e. The van der Waals surface area contributed by atoms with Crippen LogP contribution in [0.5, 0.6) is 0 Å². The zero-order valence-electron chi connectivity index (χ0n) is 15.9. The zero-order chi connectivity index (χ0) is 19.4. The molecule has 1 aliphatic rings. The van der Waals surface area contributed by atoms with E-state index in [0.717, 1.165) is 29.8 Å². The molecule has 2 heterocycles. The Bertz CT molecular complexity index is 927. The number of hydrogen-bond acceptors (Lipinski definition) is 5. The molecule has 10 heteroatoms. The number of aromatic nitrogens is 2. The van der Waals surface area contributed by atoms with Crippen molar-refractivity contribution in [3.05, 3.63) is 52.3 Å². The first kappa shape index (κ1) is 22.4. The number of nitrogens with one attached hydrogen (secondary N) is 4. The number of sulfonamides is 1. The molecule has 2 aromatic rings. The molecule has 0 spiro atoms. The fourth-order valence-electron chi connectivity index (χ4n) is 3.15. The normalized spacial score (nSPS) is 13.7. The van der Waals surface area contributed by atoms with E-state index in [4.69, 9.17) is 0 Å². The number of halogens is 1. The van der Waals surface area contributed by atoms with Gasteiger partial charge in [-0.05, 0) is 25.0 Å². The summed E-state index contributed by atoms with van der Waals surface area (Å²) >= 11 is 0. The summed E-state index contributed by atoms with van der Waals surface area (Å²) in [7, 11) is -3.44. The molecule has 1 amide bonds. The first-order valence-electron chi connectivity index (χ1n) is 8.97. The van der Waals surface area contributed by atoms with Crippen LogP contribution in [0.2, 0.25) is 0 Å². The van der Waals surface area contributed by atoms with Gasteiger partial charge in [0.25, 0.3) is 5.91 Å². The molecule has 0 radical (unpaired) electrons. The maximum atomic E-state index is 12.5. The van der Waals surface area contributed by atoms with Gasteiger partial charge in [-0.1, -0.05) is 24.3 Å². The number of fused-ring (bicyclic) bond motifs is 1. The van der Waals surface area contributed by atoms with Crippen molar-refractivity contribution in [3.63, 3.8) is 0 Å². The van der Waals surface area contributed by atoms with E-state index < -0.39 is 10.0 Å². The number of hydrogen-bond donors (Lipinski definition) is 4. The monoisotopic (exact) mass is 427 g/mol. The fraction of sp³-hybridized carbons (Fsp3) is 0.444. The summed E-state index contributed by atoms with van der Waals surface area (Å²) in [5.41, 5.74) is 3.71. The van der Waals surface area contributed by atoms with Crippen molar-refractivity contribution in [2.24, 2.45) is 0 Å². The third kappa shape index (κ3) is 5.54. The van der Waals surface area contributed by atoms with Crippen molar-refractivity contribution >= 4 is 28.3 Å². The van der Waals surface area contributed by atoms with Crippen LogP contribution in [0, 0.1) is 0 Å². The minimum absolute atomic E-state index is 0. The molecule has 0 atom stereocenters. The van der Waals surface area contributed by atoms with Gasteiger partial charge in [0, 0.05) is 43.4 Å². The number of nitrogens with zero attached hydrogens (tertiary/aromatic N) is 1. The third-order valence-electron chi connectivity index (χ3n) is 4.34. The highest BCUT2D eigenvalue weighted by Crippen LogP contribution is 2.16. The van der Waals surface area contributed by atoms with Gasteiger partial charge < -0.3 is 10.6 Å². The maximum Gasteiger partial charge on any atom is 0.272 e. The van der Waals surface area contributed by atoms with Crippen molar-refractivity contribution in [3.8, 4) is 0 Å². The number of aromatic amines is 1. The summed E-state index contributed by atoms with van der Waals surface area (Å²) in [5.74, 6) is -0.395. The minimum atomic E-state index is -3.44. The number of carbonyl (C=O) groups excluding carboxylic acids is 1. The summed E-state index contributed by atoms with van der Waals surface area (Å²) < 4.78 is 27.0. The van der Waals surface area contributed by atoms with E-state index in [1.807, 2.05) is 12.1 Å². The van der Waals surface area contributed by atoms with Crippen LogP contribution in [-0.4, -0.2) is 37.1 Å². The molecule has 0 fully saturated rings. The van der Waals surface area contributed by atoms with Crippen molar-refractivity contribution in [1.82, 2.24) is 25.6 Å². The van der Waals surface area contributed by atoms with Crippen LogP contribution in [0.1, 0.15) is 46.7 Å². The molecule has 0 saturated carbocycles. The van der Waals surface area contributed by atoms with E-state index in [-0.39, 0.29) is 36.7 Å². The molecule has 1 aliphatic heterocycles. The van der Waals surface area contributed by atoms with Crippen molar-refractivity contribution in [2.45, 2.75) is 45.2 Å². The molecule has 0 aliphatic carbocycles. The average molecular weight is 428 g/mol. The van der Waals surface area contributed by atoms with Crippen molar-refractivity contribution in [2.75, 3.05) is 6.54 Å². The van der Waals surface area contributed by atoms with E-state index >= 15 is 0 Å². The Kier molecular flexibility index (Phi) is 7.59. The van der Waals surface area contributed by atoms with Gasteiger partial charge in [0.15, 0.2) is 5.69 Å². The highest BCUT2D eigenvalue weighted by Gasteiger charge is 2.22. The lowest BCUT2D eigenvalue weighted by Crippen LogP contribution is -2.32. The van der Waals surface area contributed by atoms with Crippen LogP contribution >= 0.6 is 12.4 Å². The summed E-state index contributed by atoms with van der Waals surface area (Å²) in [6.07, 6.45) is 0.819. The van der Waals surface area contributed by atoms with Gasteiger partial charge in [-0.2, -0.15) is 5.10 Å². The molecule has 154 valence electrons. The molecular weight excluding hydrogens is 402 g/mol. The van der Waals surface area contributed by atoms with Crippen LogP contribution in [0.25, 0.3) is 0 Å². The second-order valence-electron chi connectivity index (χ2n) is 6.94. The van der Waals surface area contributed by atoms with Crippen molar-refractivity contribution in [1.29, 1.82) is 0 Å². The van der Waals surface area contributed by atoms with E-state index in [1.54, 1.807) is 26.0 Å². The molecule has 28 heavy (non-hydrogen) atoms. The SMILES string of the molecule is CC(C)NS(=O)(=O)Cc1ccccc1CNC(=O)c1n[nH]c2c1CNCC2.Cl. The van der Waals surface area contributed by atoms with Gasteiger partial charge in [-0.15, -0.1) is 12.4 Å². The summed E-state index contributed by atoms with van der Waals surface area (Å²) in [4.78, 5) is 12.5. The molecule has 8 nitrogen and oxygen atoms in total. The second-order valence-corrected chi connectivity index (χ2v) is 8.69. The second kappa shape index (κ2) is 9.51. The number of carbonyl (C=O) groups is 1. The van der Waals surface area contributed by atoms with Crippen LogP contribution in [0.15, 0.2) is 24.3 Å². The molecular formula is C18H26ClN5O3S. The Morgan fingerprint density at radius 2 is 1.96 bits per heavy atom. The fourth-order valence-corrected chi connectivity index (χ4v) is 4.64. The van der Waals surface area contributed by atoms with Crippen LogP contribution in [0.4, 0.5) is 0 Å². The Morgan fingerprint density at radius 3 is 2.68 bits per heavy atom. The van der Waals surface area contributed by atoms with Gasteiger partial charge in [0.1, 0.15) is 0 Å². The molecule has 0 unspecified atom stereocenters. The quantitative estimate of drug-likeness (QED) is 0.530. The predicted octanol–water partition coefficient (Wildman–Crippen LogP) is 1.24. The lowest BCUT2D eigenvalue weighted by atomic mass is 10.1. The van der Waals surface area contributed by atoms with Gasteiger partial charge in [0.2, 0.25) is 10.0 Å². The zero-order valence-corrected chi connectivity index (χ0v) is 17.5. The third-order valence-corrected chi connectivity index (χ3v) is 5.86. The van der Waals surface area contributed by atoms with Crippen LogP contribution < -0.4 is 15.4 Å². The van der Waals surface area contributed by atoms with Crippen molar-refractivity contribution < 1.29 is 13.2 Å². The number of benzene rings is 1. The van der Waals surface area contributed by atoms with E-state index in [9.17, 15) is 13.2 Å². The standard InChI is InChI=1S/C18H25N5O3S.ClH/c1-12(2)23-27(25,26)11-14-6-4-3-5-13(14)9-20-18(24)17-15-10-19-8-7-16(15)21-22-17;/h3-6,12,19,23H,7-11H2,1-2H3,(H,20,24)(H,21,22);1H. The molecule has 1 aromatic heterocycles. The van der Waals surface area contributed by atoms with E-state index in [2.05, 4.69) is 25.6 Å². The maximum absolute atomic E-state index is 12.5. The Morgan fingerprint density at radius 1 is 1.25 bits per heavy atom. The molecule has 1 aromatic carbocycles. The Labute approximate surface area is 171 Å². The summed E-state index contributed by atoms with van der Waals surface area (Å²) in [6.45, 7) is 5.28. The van der Waals surface area contributed by atoms with Gasteiger partial charge in [-0.3, -0.25) is 9.89 Å². The number of H-pyrrole nitrogens is 1. The molecule has 0 bridgehead atoms. The number of rotatable bonds is 7. The Hall–Kier alpha value is -1.94. The topological polar surface area (TPSA) is 116 Å². The molecule has 3 rings (SSSR count). The highest BCUT2D eigenvalue weighted by molar-refractivity contribution is 7.88. The van der Waals surface area contributed by atoms with E-state index in [1.165, 1.54) is 0 Å². The van der Waals surface area contributed by atoms with Gasteiger partial charge in [-0.25, -0.2) is 13.1 Å². The van der Waals surface area contributed by atoms with Gasteiger partial charge in [0.05, 0.1) is 5.75 Å². The molecule has 0 saturated heterocycles. The summed E-state index contributed by atoms with van der Waals surface area (Å²) in [6, 6.07) is 7.04. The Balaban J connectivity index is 0.00000280. The van der Waals surface area contributed by atoms with E-state index in [0.29, 0.717) is 17.8 Å². The van der Waals surface area contributed by atoms with Crippen LogP contribution in [-0.2, 0) is 35.3 Å². The highest BCUT2D eigenvalue weighted by atomic mass is 35.5. The number of amides is 1. The lowest BCUT2D eigenvalue weighted by Gasteiger charge is -2.14. The minimum Gasteiger partial charge on any atom is -0.347 e. The smallest absolute Gasteiger partial charge is 0.272 e. The van der Waals surface area contributed by atoms with Gasteiger partial charge >= 0.3 is 0 Å². The first-order chi connectivity index (χ1) is 12.9. The summed E-state index contributed by atoms with van der Waals surface area (Å²) in [5, 5.41) is 13.2. The predicted molar refractivity (Wildman–Crippen MR) is 110 cm³/mol. The molecule has 4 N–H and O–H groups in total. The average Bonchev–Trinajstić information content (AvgIpc) is 3.03. The van der Waals surface area contributed by atoms with Crippen LogP contribution in [0.3, 0.4) is 0 Å². The first-order valence-corrected chi connectivity index (χ1v) is 10.6.